The summed E-state index contributed by atoms with van der Waals surface area (Å²) in [6, 6.07) is 3.68. The van der Waals surface area contributed by atoms with Crippen LogP contribution in [0.3, 0.4) is 0 Å². The number of aromatic hydroxyl groups is 1. The predicted octanol–water partition coefficient (Wildman–Crippen LogP) is 1.81. The van der Waals surface area contributed by atoms with Crippen LogP contribution in [0.1, 0.15) is 0 Å². The van der Waals surface area contributed by atoms with Crippen LogP contribution in [0, 0.1) is 3.57 Å². The van der Waals surface area contributed by atoms with Gasteiger partial charge in [0.1, 0.15) is 3.57 Å². The van der Waals surface area contributed by atoms with Crippen molar-refractivity contribution in [2.45, 2.75) is 0 Å². The van der Waals surface area contributed by atoms with E-state index in [1.807, 2.05) is 17.5 Å². The zero-order chi connectivity index (χ0) is 10.1. The monoisotopic (exact) mass is 320 g/mol. The highest BCUT2D eigenvalue weighted by Gasteiger charge is 2.08. The zero-order valence-electron chi connectivity index (χ0n) is 6.82. The standard InChI is InChI=1S/C8H5IN2O2S/c9-5-7(12)10-6(11-8(5)13)4-2-1-3-14-4/h1-3H,(H2,10,11,12,13). The number of hydrogen-bond donors (Lipinski definition) is 2. The Bertz CT molecular complexity index is 507. The van der Waals surface area contributed by atoms with Crippen molar-refractivity contribution in [3.63, 3.8) is 0 Å². The van der Waals surface area contributed by atoms with Gasteiger partial charge in [-0.2, -0.15) is 4.98 Å². The lowest BCUT2D eigenvalue weighted by molar-refractivity contribution is 0.447. The van der Waals surface area contributed by atoms with Crippen LogP contribution in [0.15, 0.2) is 22.3 Å². The van der Waals surface area contributed by atoms with Gasteiger partial charge in [0.05, 0.1) is 4.88 Å². The fourth-order valence-corrected chi connectivity index (χ4v) is 1.90. The molecule has 0 spiro atoms. The first-order chi connectivity index (χ1) is 6.68. The molecule has 0 aliphatic heterocycles. The second-order valence-electron chi connectivity index (χ2n) is 2.53. The summed E-state index contributed by atoms with van der Waals surface area (Å²) in [4.78, 5) is 18.6. The molecule has 0 saturated heterocycles. The molecule has 0 atom stereocenters. The molecule has 2 aromatic heterocycles. The van der Waals surface area contributed by atoms with Crippen LogP contribution in [-0.4, -0.2) is 15.1 Å². The molecular formula is C8H5IN2O2S. The van der Waals surface area contributed by atoms with Crippen LogP contribution < -0.4 is 5.56 Å². The van der Waals surface area contributed by atoms with Crippen molar-refractivity contribution in [2.75, 3.05) is 0 Å². The molecule has 14 heavy (non-hydrogen) atoms. The SMILES string of the molecule is O=c1[nH]c(-c2cccs2)nc(O)c1I. The van der Waals surface area contributed by atoms with Gasteiger partial charge in [-0.15, -0.1) is 11.3 Å². The average molecular weight is 320 g/mol. The van der Waals surface area contributed by atoms with E-state index in [0.29, 0.717) is 5.82 Å². The van der Waals surface area contributed by atoms with Crippen LogP contribution in [-0.2, 0) is 0 Å². The maximum atomic E-state index is 11.3. The summed E-state index contributed by atoms with van der Waals surface area (Å²) in [5.41, 5.74) is -0.318. The molecule has 72 valence electrons. The highest BCUT2D eigenvalue weighted by molar-refractivity contribution is 14.1. The molecule has 0 saturated carbocycles. The quantitative estimate of drug-likeness (QED) is 0.788. The maximum absolute atomic E-state index is 11.3. The highest BCUT2D eigenvalue weighted by atomic mass is 127. The normalized spacial score (nSPS) is 10.4. The zero-order valence-corrected chi connectivity index (χ0v) is 9.79. The molecular weight excluding hydrogens is 315 g/mol. The first-order valence-electron chi connectivity index (χ1n) is 3.71. The Labute approximate surface area is 96.8 Å². The minimum atomic E-state index is -0.318. The molecule has 0 radical (unpaired) electrons. The van der Waals surface area contributed by atoms with Gasteiger partial charge in [0, 0.05) is 0 Å². The van der Waals surface area contributed by atoms with Crippen LogP contribution >= 0.6 is 33.9 Å². The lowest BCUT2D eigenvalue weighted by atomic mass is 10.4. The van der Waals surface area contributed by atoms with Gasteiger partial charge in [-0.1, -0.05) is 6.07 Å². The van der Waals surface area contributed by atoms with E-state index in [1.54, 1.807) is 22.6 Å². The first-order valence-corrected chi connectivity index (χ1v) is 5.67. The van der Waals surface area contributed by atoms with E-state index in [9.17, 15) is 9.90 Å². The van der Waals surface area contributed by atoms with Crippen LogP contribution in [0.5, 0.6) is 5.88 Å². The minimum absolute atomic E-state index is 0.211. The number of thiophene rings is 1. The summed E-state index contributed by atoms with van der Waals surface area (Å²) in [6.45, 7) is 0. The number of nitrogens with one attached hydrogen (secondary N) is 1. The van der Waals surface area contributed by atoms with E-state index in [0.717, 1.165) is 4.88 Å². The third kappa shape index (κ3) is 1.67. The molecule has 0 amide bonds. The van der Waals surface area contributed by atoms with Gasteiger partial charge in [-0.3, -0.25) is 4.79 Å². The molecule has 2 heterocycles. The fourth-order valence-electron chi connectivity index (χ4n) is 0.977. The lowest BCUT2D eigenvalue weighted by Gasteiger charge is -1.98. The van der Waals surface area contributed by atoms with E-state index in [-0.39, 0.29) is 15.0 Å². The molecule has 0 unspecified atom stereocenters. The van der Waals surface area contributed by atoms with Crippen LogP contribution in [0.25, 0.3) is 10.7 Å². The molecule has 2 rings (SSSR count). The van der Waals surface area contributed by atoms with Gasteiger partial charge >= 0.3 is 0 Å². The Morgan fingerprint density at radius 2 is 2.36 bits per heavy atom. The highest BCUT2D eigenvalue weighted by Crippen LogP contribution is 2.22. The second-order valence-corrected chi connectivity index (χ2v) is 4.56. The van der Waals surface area contributed by atoms with E-state index in [4.69, 9.17) is 0 Å². The minimum Gasteiger partial charge on any atom is -0.492 e. The number of halogens is 1. The molecule has 2 N–H and O–H groups in total. The Hall–Kier alpha value is -0.890. The van der Waals surface area contributed by atoms with Crippen molar-refractivity contribution in [1.29, 1.82) is 0 Å². The van der Waals surface area contributed by atoms with Gasteiger partial charge in [0.15, 0.2) is 5.82 Å². The van der Waals surface area contributed by atoms with E-state index >= 15 is 0 Å². The van der Waals surface area contributed by atoms with Gasteiger partial charge < -0.3 is 10.1 Å². The van der Waals surface area contributed by atoms with E-state index in [1.165, 1.54) is 11.3 Å². The maximum Gasteiger partial charge on any atom is 0.268 e. The number of rotatable bonds is 1. The molecule has 4 nitrogen and oxygen atoms in total. The van der Waals surface area contributed by atoms with Crippen molar-refractivity contribution >= 4 is 33.9 Å². The van der Waals surface area contributed by atoms with Gasteiger partial charge in [-0.25, -0.2) is 0 Å². The Morgan fingerprint density at radius 3 is 2.93 bits per heavy atom. The van der Waals surface area contributed by atoms with E-state index < -0.39 is 0 Å². The topological polar surface area (TPSA) is 66.0 Å². The summed E-state index contributed by atoms with van der Waals surface area (Å²) in [6.07, 6.45) is 0. The predicted molar refractivity (Wildman–Crippen MR) is 62.6 cm³/mol. The number of hydrogen-bond acceptors (Lipinski definition) is 4. The summed E-state index contributed by atoms with van der Waals surface area (Å²) in [5, 5.41) is 11.2. The van der Waals surface area contributed by atoms with Gasteiger partial charge in [0.25, 0.3) is 5.56 Å². The molecule has 0 bridgehead atoms. The second kappa shape index (κ2) is 3.70. The van der Waals surface area contributed by atoms with Crippen molar-refractivity contribution in [3.05, 3.63) is 31.4 Å². The van der Waals surface area contributed by atoms with Crippen molar-refractivity contribution in [2.24, 2.45) is 0 Å². The van der Waals surface area contributed by atoms with Crippen molar-refractivity contribution < 1.29 is 5.11 Å². The molecule has 0 aliphatic carbocycles. The fraction of sp³-hybridized carbons (Fsp3) is 0. The van der Waals surface area contributed by atoms with Crippen molar-refractivity contribution in [3.8, 4) is 16.6 Å². The Morgan fingerprint density at radius 1 is 1.57 bits per heavy atom. The van der Waals surface area contributed by atoms with E-state index in [2.05, 4.69) is 9.97 Å². The largest absolute Gasteiger partial charge is 0.492 e. The smallest absolute Gasteiger partial charge is 0.268 e. The molecule has 0 aliphatic rings. The summed E-state index contributed by atoms with van der Waals surface area (Å²) >= 11 is 3.20. The molecule has 0 aromatic carbocycles. The Balaban J connectivity index is 2.63. The number of H-pyrrole nitrogens is 1. The number of nitrogens with zero attached hydrogens (tertiary/aromatic N) is 1. The number of aromatic nitrogens is 2. The van der Waals surface area contributed by atoms with Crippen molar-refractivity contribution in [1.82, 2.24) is 9.97 Å². The molecule has 0 fully saturated rings. The van der Waals surface area contributed by atoms with Gasteiger partial charge in [0.2, 0.25) is 5.88 Å². The third-order valence-corrected chi connectivity index (χ3v) is 3.45. The Kier molecular flexibility index (Phi) is 2.55. The lowest BCUT2D eigenvalue weighted by Crippen LogP contribution is -2.11. The van der Waals surface area contributed by atoms with Crippen LogP contribution in [0.4, 0.5) is 0 Å². The van der Waals surface area contributed by atoms with Crippen LogP contribution in [0.2, 0.25) is 0 Å². The summed E-state index contributed by atoms with van der Waals surface area (Å²) < 4.78 is 0.211. The first kappa shape index (κ1) is 9.66. The average Bonchev–Trinajstić information content (AvgIpc) is 2.66. The van der Waals surface area contributed by atoms with Gasteiger partial charge in [-0.05, 0) is 34.0 Å². The summed E-state index contributed by atoms with van der Waals surface area (Å²) in [5.74, 6) is 0.181. The molecule has 2 aromatic rings. The summed E-state index contributed by atoms with van der Waals surface area (Å²) in [7, 11) is 0. The molecule has 6 heteroatoms. The number of aromatic amines is 1. The third-order valence-electron chi connectivity index (χ3n) is 1.60.